The summed E-state index contributed by atoms with van der Waals surface area (Å²) < 4.78 is 28.5. The third kappa shape index (κ3) is 5.68. The monoisotopic (exact) mass is 454 g/mol. The average molecular weight is 455 g/mol. The van der Waals surface area contributed by atoms with Crippen LogP contribution in [0.5, 0.6) is 5.75 Å². The van der Waals surface area contributed by atoms with Crippen LogP contribution >= 0.6 is 11.3 Å². The van der Waals surface area contributed by atoms with Crippen molar-refractivity contribution < 1.29 is 17.9 Å². The van der Waals surface area contributed by atoms with Gasteiger partial charge in [0, 0.05) is 29.8 Å². The van der Waals surface area contributed by atoms with E-state index in [1.54, 1.807) is 43.5 Å². The summed E-state index contributed by atoms with van der Waals surface area (Å²) in [6.07, 6.45) is 6.01. The van der Waals surface area contributed by atoms with Crippen molar-refractivity contribution in [2.24, 2.45) is 0 Å². The Morgan fingerprint density at radius 1 is 1.23 bits per heavy atom. The first-order chi connectivity index (χ1) is 14.8. The molecule has 0 bridgehead atoms. The largest absolute Gasteiger partial charge is 0.497 e. The van der Waals surface area contributed by atoms with E-state index >= 15 is 0 Å². The van der Waals surface area contributed by atoms with Gasteiger partial charge in [0.25, 0.3) is 5.91 Å². The van der Waals surface area contributed by atoms with Gasteiger partial charge >= 0.3 is 0 Å². The standard InChI is InChI=1S/C23H22N2O4S2/c1-4-14-25(22(26)13-8-17-6-5-7-19(15-17)29-2)23-24-21(16-30-23)18-9-11-20(12-10-18)31(3,27)28/h4-13,15-16H,1,14H2,2-3H3/b13-8+. The Labute approximate surface area is 186 Å². The number of anilines is 1. The molecule has 0 saturated heterocycles. The minimum absolute atomic E-state index is 0.226. The Morgan fingerprint density at radius 3 is 2.61 bits per heavy atom. The smallest absolute Gasteiger partial charge is 0.253 e. The number of aromatic nitrogens is 1. The number of methoxy groups -OCH3 is 1. The lowest BCUT2D eigenvalue weighted by atomic mass is 10.2. The average Bonchev–Trinajstić information content (AvgIpc) is 3.25. The molecule has 0 fully saturated rings. The number of rotatable bonds is 8. The summed E-state index contributed by atoms with van der Waals surface area (Å²) in [6, 6.07) is 13.9. The Hall–Kier alpha value is -3.23. The summed E-state index contributed by atoms with van der Waals surface area (Å²) >= 11 is 1.33. The number of nitrogens with zero attached hydrogens (tertiary/aromatic N) is 2. The van der Waals surface area contributed by atoms with Gasteiger partial charge in [0.2, 0.25) is 0 Å². The number of benzene rings is 2. The second-order valence-electron chi connectivity index (χ2n) is 6.66. The number of carbonyl (C=O) groups excluding carboxylic acids is 1. The highest BCUT2D eigenvalue weighted by molar-refractivity contribution is 7.90. The van der Waals surface area contributed by atoms with Gasteiger partial charge in [0.1, 0.15) is 5.75 Å². The molecule has 3 rings (SSSR count). The van der Waals surface area contributed by atoms with Crippen molar-refractivity contribution in [3.8, 4) is 17.0 Å². The maximum atomic E-state index is 12.8. The molecule has 31 heavy (non-hydrogen) atoms. The Kier molecular flexibility index (Phi) is 7.04. The van der Waals surface area contributed by atoms with Crippen LogP contribution in [0.4, 0.5) is 5.13 Å². The van der Waals surface area contributed by atoms with Gasteiger partial charge in [-0.2, -0.15) is 0 Å². The predicted molar refractivity (Wildman–Crippen MR) is 125 cm³/mol. The van der Waals surface area contributed by atoms with E-state index in [-0.39, 0.29) is 10.8 Å². The maximum absolute atomic E-state index is 12.8. The van der Waals surface area contributed by atoms with Crippen molar-refractivity contribution in [1.29, 1.82) is 0 Å². The molecule has 1 heterocycles. The Bertz CT molecular complexity index is 1210. The lowest BCUT2D eigenvalue weighted by Gasteiger charge is -2.15. The topological polar surface area (TPSA) is 76.6 Å². The molecule has 0 radical (unpaired) electrons. The minimum Gasteiger partial charge on any atom is -0.497 e. The summed E-state index contributed by atoms with van der Waals surface area (Å²) in [5.41, 5.74) is 2.28. The molecule has 0 atom stereocenters. The summed E-state index contributed by atoms with van der Waals surface area (Å²) in [5, 5.41) is 2.36. The zero-order chi connectivity index (χ0) is 22.4. The van der Waals surface area contributed by atoms with E-state index in [2.05, 4.69) is 11.6 Å². The number of thiazole rings is 1. The number of hydrogen-bond acceptors (Lipinski definition) is 6. The fourth-order valence-corrected chi connectivity index (χ4v) is 4.27. The third-order valence-corrected chi connectivity index (χ3v) is 6.38. The molecule has 3 aromatic rings. The molecular weight excluding hydrogens is 432 g/mol. The van der Waals surface area contributed by atoms with E-state index in [9.17, 15) is 13.2 Å². The number of amides is 1. The summed E-state index contributed by atoms with van der Waals surface area (Å²) in [4.78, 5) is 19.2. The van der Waals surface area contributed by atoms with Crippen molar-refractivity contribution in [3.63, 3.8) is 0 Å². The molecule has 1 amide bonds. The van der Waals surface area contributed by atoms with Gasteiger partial charge < -0.3 is 4.74 Å². The molecule has 0 aliphatic rings. The molecule has 1 aromatic heterocycles. The number of hydrogen-bond donors (Lipinski definition) is 0. The Morgan fingerprint density at radius 2 is 1.97 bits per heavy atom. The second-order valence-corrected chi connectivity index (χ2v) is 9.51. The van der Waals surface area contributed by atoms with Gasteiger partial charge in [0.15, 0.2) is 15.0 Å². The number of sulfone groups is 1. The van der Waals surface area contributed by atoms with E-state index in [0.717, 1.165) is 11.1 Å². The van der Waals surface area contributed by atoms with Crippen molar-refractivity contribution >= 4 is 38.3 Å². The van der Waals surface area contributed by atoms with Gasteiger partial charge in [0.05, 0.1) is 17.7 Å². The fourth-order valence-electron chi connectivity index (χ4n) is 2.79. The molecule has 0 spiro atoms. The molecule has 8 heteroatoms. The lowest BCUT2D eigenvalue weighted by molar-refractivity contribution is -0.114. The third-order valence-electron chi connectivity index (χ3n) is 4.39. The second kappa shape index (κ2) is 9.72. The highest BCUT2D eigenvalue weighted by Crippen LogP contribution is 2.28. The summed E-state index contributed by atoms with van der Waals surface area (Å²) in [7, 11) is -1.67. The van der Waals surface area contributed by atoms with Crippen molar-refractivity contribution in [1.82, 2.24) is 4.98 Å². The van der Waals surface area contributed by atoms with E-state index in [1.807, 2.05) is 29.6 Å². The summed E-state index contributed by atoms with van der Waals surface area (Å²) in [5.74, 6) is 0.486. The maximum Gasteiger partial charge on any atom is 0.253 e. The number of ether oxygens (including phenoxy) is 1. The molecule has 2 aromatic carbocycles. The molecule has 0 N–H and O–H groups in total. The van der Waals surface area contributed by atoms with E-state index < -0.39 is 9.84 Å². The van der Waals surface area contributed by atoms with Crippen LogP contribution in [0.1, 0.15) is 5.56 Å². The molecule has 0 aliphatic carbocycles. The molecule has 0 aliphatic heterocycles. The van der Waals surface area contributed by atoms with Gasteiger partial charge in [-0.3, -0.25) is 9.69 Å². The van der Waals surface area contributed by atoms with Crippen LogP contribution in [0.3, 0.4) is 0 Å². The fraction of sp³-hybridized carbons (Fsp3) is 0.130. The van der Waals surface area contributed by atoms with Crippen LogP contribution in [-0.2, 0) is 14.6 Å². The first-order valence-corrected chi connectivity index (χ1v) is 12.1. The zero-order valence-corrected chi connectivity index (χ0v) is 18.8. The normalized spacial score (nSPS) is 11.4. The van der Waals surface area contributed by atoms with Gasteiger partial charge in [-0.25, -0.2) is 13.4 Å². The lowest BCUT2D eigenvalue weighted by Crippen LogP contribution is -2.29. The van der Waals surface area contributed by atoms with E-state index in [4.69, 9.17) is 4.74 Å². The first kappa shape index (κ1) is 22.5. The van der Waals surface area contributed by atoms with Gasteiger partial charge in [-0.05, 0) is 35.9 Å². The number of carbonyl (C=O) groups is 1. The first-order valence-electron chi connectivity index (χ1n) is 9.32. The van der Waals surface area contributed by atoms with Crippen LogP contribution in [0.2, 0.25) is 0 Å². The summed E-state index contributed by atoms with van der Waals surface area (Å²) in [6.45, 7) is 4.04. The molecular formula is C23H22N2O4S2. The predicted octanol–water partition coefficient (Wildman–Crippen LogP) is 4.45. The van der Waals surface area contributed by atoms with Crippen LogP contribution in [-0.4, -0.2) is 39.2 Å². The molecule has 6 nitrogen and oxygen atoms in total. The van der Waals surface area contributed by atoms with Crippen LogP contribution in [0.15, 0.2) is 77.5 Å². The molecule has 0 unspecified atom stereocenters. The van der Waals surface area contributed by atoms with E-state index in [0.29, 0.717) is 23.1 Å². The molecule has 160 valence electrons. The van der Waals surface area contributed by atoms with E-state index in [1.165, 1.54) is 28.6 Å². The Balaban J connectivity index is 1.81. The van der Waals surface area contributed by atoms with Crippen molar-refractivity contribution in [2.45, 2.75) is 4.90 Å². The van der Waals surface area contributed by atoms with Crippen LogP contribution in [0.25, 0.3) is 17.3 Å². The highest BCUT2D eigenvalue weighted by atomic mass is 32.2. The van der Waals surface area contributed by atoms with Crippen LogP contribution in [0, 0.1) is 0 Å². The van der Waals surface area contributed by atoms with Crippen molar-refractivity contribution in [3.05, 3.63) is 78.2 Å². The van der Waals surface area contributed by atoms with Gasteiger partial charge in [-0.1, -0.05) is 30.3 Å². The quantitative estimate of drug-likeness (QED) is 0.371. The van der Waals surface area contributed by atoms with Crippen molar-refractivity contribution in [2.75, 3.05) is 24.8 Å². The molecule has 0 saturated carbocycles. The van der Waals surface area contributed by atoms with Gasteiger partial charge in [-0.15, -0.1) is 17.9 Å². The minimum atomic E-state index is -3.26. The van der Waals surface area contributed by atoms with Crippen LogP contribution < -0.4 is 9.64 Å². The zero-order valence-electron chi connectivity index (χ0n) is 17.2. The SMILES string of the molecule is C=CCN(C(=O)/C=C/c1cccc(OC)c1)c1nc(-c2ccc(S(C)(=O)=O)cc2)cs1. The highest BCUT2D eigenvalue weighted by Gasteiger charge is 2.17.